The quantitative estimate of drug-likeness (QED) is 0.497. The molecule has 36 heavy (non-hydrogen) atoms. The third kappa shape index (κ3) is 3.64. The summed E-state index contributed by atoms with van der Waals surface area (Å²) in [6.45, 7) is 8.25. The first kappa shape index (κ1) is 25.1. The van der Waals surface area contributed by atoms with Crippen LogP contribution in [0, 0.1) is 11.8 Å². The highest BCUT2D eigenvalue weighted by Gasteiger charge is 2.74. The largest absolute Gasteiger partial charge is 0.465 e. The molecule has 0 saturated carbocycles. The number of esters is 1. The van der Waals surface area contributed by atoms with Gasteiger partial charge in [-0.2, -0.15) is 0 Å². The normalized spacial score (nSPS) is 34.9. The summed E-state index contributed by atoms with van der Waals surface area (Å²) in [4.78, 5) is 45.6. The van der Waals surface area contributed by atoms with Crippen LogP contribution in [0.4, 0.5) is 0 Å². The zero-order chi connectivity index (χ0) is 25.9. The lowest BCUT2D eigenvalue weighted by molar-refractivity contribution is -0.155. The van der Waals surface area contributed by atoms with Crippen molar-refractivity contribution in [1.82, 2.24) is 9.80 Å². The first-order valence-corrected chi connectivity index (χ1v) is 13.4. The number of cyclic esters (lactones) is 1. The minimum absolute atomic E-state index is 0.166. The second kappa shape index (κ2) is 8.77. The predicted molar refractivity (Wildman–Crippen MR) is 138 cm³/mol. The highest BCUT2D eigenvalue weighted by molar-refractivity contribution is 8.02. The van der Waals surface area contributed by atoms with E-state index in [1.807, 2.05) is 82.3 Å². The number of carbonyl (C=O) groups excluding carboxylic acids is 3. The summed E-state index contributed by atoms with van der Waals surface area (Å²) in [6, 6.07) is 7.72. The van der Waals surface area contributed by atoms with Gasteiger partial charge in [-0.25, -0.2) is 0 Å². The lowest BCUT2D eigenvalue weighted by Crippen LogP contribution is -2.58. The van der Waals surface area contributed by atoms with Crippen LogP contribution in [0.25, 0.3) is 0 Å². The number of amides is 2. The van der Waals surface area contributed by atoms with Crippen molar-refractivity contribution in [2.45, 2.75) is 61.2 Å². The van der Waals surface area contributed by atoms with Gasteiger partial charge in [-0.1, -0.05) is 54.6 Å². The fraction of sp³-hybridized carbons (Fsp3) is 0.536. The number of carbonyl (C=O) groups is 3. The van der Waals surface area contributed by atoms with Crippen LogP contribution in [-0.4, -0.2) is 73.5 Å². The number of hydrogen-bond acceptors (Lipinski definition) is 6. The van der Waals surface area contributed by atoms with Crippen LogP contribution in [0.5, 0.6) is 0 Å². The van der Waals surface area contributed by atoms with E-state index >= 15 is 0 Å². The zero-order valence-corrected chi connectivity index (χ0v) is 22.0. The Morgan fingerprint density at radius 2 is 1.81 bits per heavy atom. The molecule has 4 heterocycles. The highest BCUT2D eigenvalue weighted by atomic mass is 32.2. The number of thioether (sulfide) groups is 1. The Balaban J connectivity index is 1.72. The van der Waals surface area contributed by atoms with E-state index in [2.05, 4.69) is 0 Å². The summed E-state index contributed by atoms with van der Waals surface area (Å²) in [5.74, 6) is -2.38. The molecule has 0 aromatic heterocycles. The lowest BCUT2D eigenvalue weighted by Gasteiger charge is -2.42. The van der Waals surface area contributed by atoms with Crippen molar-refractivity contribution in [1.29, 1.82) is 0 Å². The molecule has 0 bridgehead atoms. The molecule has 6 atom stereocenters. The summed E-state index contributed by atoms with van der Waals surface area (Å²) in [5, 5.41) is 10.6. The van der Waals surface area contributed by atoms with Crippen molar-refractivity contribution in [3.05, 3.63) is 60.2 Å². The van der Waals surface area contributed by atoms with Crippen molar-refractivity contribution >= 4 is 29.5 Å². The van der Waals surface area contributed by atoms with E-state index in [9.17, 15) is 19.5 Å². The smallest absolute Gasteiger partial charge is 0.311 e. The average Bonchev–Trinajstić information content (AvgIpc) is 3.13. The van der Waals surface area contributed by atoms with Gasteiger partial charge in [0.15, 0.2) is 0 Å². The minimum atomic E-state index is -0.969. The van der Waals surface area contributed by atoms with Gasteiger partial charge in [0.05, 0.1) is 35.8 Å². The number of aliphatic hydroxyl groups is 1. The van der Waals surface area contributed by atoms with E-state index in [0.29, 0.717) is 13.0 Å². The monoisotopic (exact) mass is 510 g/mol. The van der Waals surface area contributed by atoms with E-state index in [-0.39, 0.29) is 25.0 Å². The molecule has 4 aliphatic heterocycles. The van der Waals surface area contributed by atoms with Gasteiger partial charge < -0.3 is 19.6 Å². The van der Waals surface area contributed by atoms with Gasteiger partial charge in [0.1, 0.15) is 6.04 Å². The maximum atomic E-state index is 14.4. The highest BCUT2D eigenvalue weighted by Crippen LogP contribution is 2.66. The Bertz CT molecular complexity index is 1130. The molecule has 0 radical (unpaired) electrons. The third-order valence-electron chi connectivity index (χ3n) is 7.96. The predicted octanol–water partition coefficient (Wildman–Crippen LogP) is 3.11. The maximum Gasteiger partial charge on any atom is 0.311 e. The van der Waals surface area contributed by atoms with Crippen LogP contribution in [0.2, 0.25) is 0 Å². The number of likely N-dealkylation sites (tertiary alicyclic amines) is 1. The van der Waals surface area contributed by atoms with Crippen LogP contribution < -0.4 is 0 Å². The first-order valence-electron chi connectivity index (χ1n) is 12.6. The summed E-state index contributed by atoms with van der Waals surface area (Å²) in [6.07, 6.45) is 8.60. The molecule has 5 rings (SSSR count). The molecule has 2 fully saturated rings. The van der Waals surface area contributed by atoms with Crippen molar-refractivity contribution in [2.75, 3.05) is 19.8 Å². The van der Waals surface area contributed by atoms with Gasteiger partial charge in [-0.15, -0.1) is 11.8 Å². The van der Waals surface area contributed by atoms with Gasteiger partial charge in [0, 0.05) is 16.8 Å². The van der Waals surface area contributed by atoms with E-state index in [4.69, 9.17) is 4.74 Å². The number of ether oxygens (including phenoxy) is 1. The van der Waals surface area contributed by atoms with Gasteiger partial charge in [0.2, 0.25) is 11.8 Å². The minimum Gasteiger partial charge on any atom is -0.465 e. The maximum absolute atomic E-state index is 14.4. The van der Waals surface area contributed by atoms with Crippen LogP contribution in [0.1, 0.15) is 45.7 Å². The van der Waals surface area contributed by atoms with E-state index in [1.54, 1.807) is 9.80 Å². The Hall–Kier alpha value is -2.58. The fourth-order valence-electron chi connectivity index (χ4n) is 6.40. The number of nitrogens with zero attached hydrogens (tertiary/aromatic N) is 2. The van der Waals surface area contributed by atoms with Crippen molar-refractivity contribution < 1.29 is 24.2 Å². The second-order valence-corrected chi connectivity index (χ2v) is 13.0. The number of rotatable bonds is 3. The summed E-state index contributed by atoms with van der Waals surface area (Å²) >= 11 is 1.52. The summed E-state index contributed by atoms with van der Waals surface area (Å²) in [5.41, 5.74) is 0.272. The molecule has 4 aliphatic rings. The number of hydrogen-bond donors (Lipinski definition) is 1. The SMILES string of the molecule is CC(C)(C)N1CC=C[C@]23S[C@@]4(C)C=CCCOC(=O)[C@H]4[C@H]2C(=O)N([C@H](CO)c2ccccc2)C3C1=O. The standard InChI is InChI=1S/C28H34N2O5S/c1-26(2,3)29-15-10-14-28-20(21-25(34)35-16-9-8-13-27(21,4)36-28)23(32)30(22(28)24(29)33)19(17-31)18-11-6-5-7-12-18/h5-8,10-14,19-22,31H,9,15-17H2,1-4H3/t19-,20+,21-,22?,27+,28+/m1/s1. The Kier molecular flexibility index (Phi) is 6.11. The van der Waals surface area contributed by atoms with Gasteiger partial charge in [-0.05, 0) is 39.7 Å². The van der Waals surface area contributed by atoms with E-state index < -0.39 is 44.9 Å². The van der Waals surface area contributed by atoms with Gasteiger partial charge in [-0.3, -0.25) is 14.4 Å². The number of aliphatic hydroxyl groups excluding tert-OH is 1. The number of fused-ring (bicyclic) bond motifs is 2. The zero-order valence-electron chi connectivity index (χ0n) is 21.2. The first-order chi connectivity index (χ1) is 17.0. The molecule has 1 spiro atoms. The molecule has 7 nitrogen and oxygen atoms in total. The molecule has 8 heteroatoms. The lowest BCUT2D eigenvalue weighted by atomic mass is 9.74. The molecule has 0 aliphatic carbocycles. The molecular formula is C28H34N2O5S. The Morgan fingerprint density at radius 3 is 2.47 bits per heavy atom. The second-order valence-electron chi connectivity index (χ2n) is 11.2. The molecule has 1 unspecified atom stereocenters. The molecule has 1 aromatic carbocycles. The topological polar surface area (TPSA) is 87.2 Å². The molecule has 2 saturated heterocycles. The van der Waals surface area contributed by atoms with Crippen LogP contribution >= 0.6 is 11.8 Å². The Labute approximate surface area is 216 Å². The van der Waals surface area contributed by atoms with Gasteiger partial charge in [0.25, 0.3) is 0 Å². The van der Waals surface area contributed by atoms with Crippen LogP contribution in [0.3, 0.4) is 0 Å². The van der Waals surface area contributed by atoms with Gasteiger partial charge >= 0.3 is 5.97 Å². The van der Waals surface area contributed by atoms with Crippen molar-refractivity contribution in [3.8, 4) is 0 Å². The van der Waals surface area contributed by atoms with Crippen molar-refractivity contribution in [3.63, 3.8) is 0 Å². The number of benzene rings is 1. The van der Waals surface area contributed by atoms with E-state index in [0.717, 1.165) is 5.56 Å². The van der Waals surface area contributed by atoms with Crippen molar-refractivity contribution in [2.24, 2.45) is 11.8 Å². The van der Waals surface area contributed by atoms with E-state index in [1.165, 1.54) is 11.8 Å². The molecular weight excluding hydrogens is 476 g/mol. The van der Waals surface area contributed by atoms with Crippen LogP contribution in [-0.2, 0) is 19.1 Å². The van der Waals surface area contributed by atoms with Crippen LogP contribution in [0.15, 0.2) is 54.6 Å². The third-order valence-corrected chi connectivity index (χ3v) is 9.76. The fourth-order valence-corrected chi connectivity index (χ4v) is 8.54. The molecule has 1 N–H and O–H groups in total. The molecule has 2 amide bonds. The average molecular weight is 511 g/mol. The molecule has 192 valence electrons. The summed E-state index contributed by atoms with van der Waals surface area (Å²) in [7, 11) is 0. The Morgan fingerprint density at radius 1 is 1.08 bits per heavy atom. The molecule has 1 aromatic rings. The summed E-state index contributed by atoms with van der Waals surface area (Å²) < 4.78 is 3.92.